The van der Waals surface area contributed by atoms with Crippen LogP contribution in [-0.4, -0.2) is 27.2 Å². The number of nitrogens with one attached hydrogen (secondary N) is 1. The molecule has 0 spiro atoms. The minimum atomic E-state index is -3.70. The topological polar surface area (TPSA) is 75.6 Å². The van der Waals surface area contributed by atoms with Crippen LogP contribution < -0.4 is 9.46 Å². The van der Waals surface area contributed by atoms with Crippen LogP contribution in [0.1, 0.15) is 30.6 Å². The first-order valence-electron chi connectivity index (χ1n) is 7.87. The molecule has 24 heavy (non-hydrogen) atoms. The second-order valence-electron chi connectivity index (χ2n) is 5.45. The van der Waals surface area contributed by atoms with Gasteiger partial charge in [0.05, 0.1) is 13.2 Å². The van der Waals surface area contributed by atoms with Crippen molar-refractivity contribution in [3.05, 3.63) is 59.7 Å². The van der Waals surface area contributed by atoms with Gasteiger partial charge in [0.2, 0.25) is 10.0 Å². The van der Waals surface area contributed by atoms with Gasteiger partial charge in [-0.05, 0) is 36.1 Å². The van der Waals surface area contributed by atoms with Gasteiger partial charge in [0.1, 0.15) is 10.6 Å². The zero-order valence-corrected chi connectivity index (χ0v) is 14.7. The maximum Gasteiger partial charge on any atom is 0.244 e. The lowest BCUT2D eigenvalue weighted by atomic mass is 10.1. The van der Waals surface area contributed by atoms with E-state index >= 15 is 0 Å². The first-order valence-corrected chi connectivity index (χ1v) is 9.36. The van der Waals surface area contributed by atoms with Crippen molar-refractivity contribution in [3.63, 3.8) is 0 Å². The van der Waals surface area contributed by atoms with Crippen molar-refractivity contribution in [1.29, 1.82) is 0 Å². The molecule has 0 saturated carbocycles. The van der Waals surface area contributed by atoms with Gasteiger partial charge in [-0.2, -0.15) is 0 Å². The largest absolute Gasteiger partial charge is 0.495 e. The van der Waals surface area contributed by atoms with Crippen LogP contribution in [0.4, 0.5) is 0 Å². The molecule has 1 unspecified atom stereocenters. The van der Waals surface area contributed by atoms with E-state index in [1.165, 1.54) is 7.11 Å². The average molecular weight is 349 g/mol. The number of hydrogen-bond acceptors (Lipinski definition) is 4. The molecular weight excluding hydrogens is 326 g/mol. The highest BCUT2D eigenvalue weighted by Crippen LogP contribution is 2.25. The molecule has 0 heterocycles. The zero-order valence-electron chi connectivity index (χ0n) is 13.9. The summed E-state index contributed by atoms with van der Waals surface area (Å²) in [5, 5.41) is 10.1. The maximum absolute atomic E-state index is 12.5. The van der Waals surface area contributed by atoms with Crippen molar-refractivity contribution >= 4 is 10.0 Å². The van der Waals surface area contributed by atoms with Crippen LogP contribution in [0.2, 0.25) is 0 Å². The van der Waals surface area contributed by atoms with Gasteiger partial charge < -0.3 is 9.84 Å². The summed E-state index contributed by atoms with van der Waals surface area (Å²) < 4.78 is 32.7. The Bertz CT molecular complexity index is 760. The number of sulfonamides is 1. The Hall–Kier alpha value is -1.89. The van der Waals surface area contributed by atoms with Crippen LogP contribution in [0.15, 0.2) is 53.4 Å². The van der Waals surface area contributed by atoms with Crippen LogP contribution in [0, 0.1) is 0 Å². The number of rotatable bonds is 8. The Morgan fingerprint density at radius 2 is 1.88 bits per heavy atom. The van der Waals surface area contributed by atoms with E-state index in [1.54, 1.807) is 12.1 Å². The monoisotopic (exact) mass is 349 g/mol. The molecule has 1 atom stereocenters. The molecule has 2 rings (SSSR count). The van der Waals surface area contributed by atoms with Gasteiger partial charge in [-0.1, -0.05) is 43.3 Å². The van der Waals surface area contributed by atoms with Crippen LogP contribution in [0.3, 0.4) is 0 Å². The first kappa shape index (κ1) is 18.4. The lowest BCUT2D eigenvalue weighted by Crippen LogP contribution is -2.26. The summed E-state index contributed by atoms with van der Waals surface area (Å²) in [6, 6.07) is 14.3. The number of aliphatic hydroxyl groups excluding tert-OH is 1. The second kappa shape index (κ2) is 8.28. The molecule has 6 heteroatoms. The number of hydrogen-bond donors (Lipinski definition) is 2. The highest BCUT2D eigenvalue weighted by molar-refractivity contribution is 7.89. The Kier molecular flexibility index (Phi) is 6.36. The number of aliphatic hydroxyl groups is 1. The minimum absolute atomic E-state index is 0.124. The van der Waals surface area contributed by atoms with Gasteiger partial charge in [-0.25, -0.2) is 13.1 Å². The smallest absolute Gasteiger partial charge is 0.244 e. The molecule has 2 aromatic carbocycles. The van der Waals surface area contributed by atoms with Gasteiger partial charge in [0.15, 0.2) is 0 Å². The third-order valence-electron chi connectivity index (χ3n) is 3.82. The third-order valence-corrected chi connectivity index (χ3v) is 5.30. The molecule has 0 amide bonds. The molecule has 2 aromatic rings. The summed E-state index contributed by atoms with van der Waals surface area (Å²) in [5.74, 6) is 0.309. The van der Waals surface area contributed by atoms with Gasteiger partial charge in [-0.15, -0.1) is 0 Å². The highest BCUT2D eigenvalue weighted by Gasteiger charge is 2.20. The van der Waals surface area contributed by atoms with Crippen molar-refractivity contribution in [2.75, 3.05) is 13.7 Å². The lowest BCUT2D eigenvalue weighted by Gasteiger charge is -2.14. The predicted octanol–water partition coefficient (Wildman–Crippen LogP) is 2.66. The van der Waals surface area contributed by atoms with E-state index in [2.05, 4.69) is 4.72 Å². The minimum Gasteiger partial charge on any atom is -0.495 e. The van der Waals surface area contributed by atoms with Crippen molar-refractivity contribution in [2.45, 2.75) is 30.8 Å². The number of aryl methyl sites for hydroxylation is 1. The van der Waals surface area contributed by atoms with Crippen molar-refractivity contribution < 1.29 is 18.3 Å². The lowest BCUT2D eigenvalue weighted by molar-refractivity contribution is 0.169. The zero-order chi connectivity index (χ0) is 17.6. The number of benzene rings is 2. The van der Waals surface area contributed by atoms with Crippen LogP contribution in [-0.2, 0) is 16.4 Å². The number of methoxy groups -OCH3 is 1. The van der Waals surface area contributed by atoms with Crippen LogP contribution in [0.25, 0.3) is 0 Å². The molecule has 0 aromatic heterocycles. The van der Waals surface area contributed by atoms with E-state index in [0.717, 1.165) is 17.5 Å². The summed E-state index contributed by atoms with van der Waals surface area (Å²) in [6.45, 7) is 2.10. The van der Waals surface area contributed by atoms with E-state index < -0.39 is 16.1 Å². The maximum atomic E-state index is 12.5. The molecule has 0 aliphatic carbocycles. The molecule has 0 aliphatic rings. The molecule has 0 fully saturated rings. The standard InChI is InChI=1S/C18H23NO4S/c1-3-14-9-10-17(23-2)18(13-14)24(21,22)19-12-11-16(20)15-7-5-4-6-8-15/h4-10,13,16,19-20H,3,11-12H2,1-2H3. The Balaban J connectivity index is 2.06. The summed E-state index contributed by atoms with van der Waals surface area (Å²) >= 11 is 0. The summed E-state index contributed by atoms with van der Waals surface area (Å²) in [6.07, 6.45) is 0.316. The molecule has 0 saturated heterocycles. The fraction of sp³-hybridized carbons (Fsp3) is 0.333. The van der Waals surface area contributed by atoms with E-state index in [1.807, 2.05) is 43.3 Å². The van der Waals surface area contributed by atoms with Crippen LogP contribution >= 0.6 is 0 Å². The van der Waals surface area contributed by atoms with Gasteiger partial charge >= 0.3 is 0 Å². The fourth-order valence-corrected chi connectivity index (χ4v) is 3.67. The molecule has 0 radical (unpaired) electrons. The summed E-state index contributed by atoms with van der Waals surface area (Å²) in [5.41, 5.74) is 1.68. The second-order valence-corrected chi connectivity index (χ2v) is 7.19. The molecular formula is C18H23NO4S. The highest BCUT2D eigenvalue weighted by atomic mass is 32.2. The van der Waals surface area contributed by atoms with Crippen molar-refractivity contribution in [3.8, 4) is 5.75 Å². The molecule has 2 N–H and O–H groups in total. The van der Waals surface area contributed by atoms with E-state index in [9.17, 15) is 13.5 Å². The number of ether oxygens (including phenoxy) is 1. The molecule has 0 aliphatic heterocycles. The average Bonchev–Trinajstić information content (AvgIpc) is 2.61. The predicted molar refractivity (Wildman–Crippen MR) is 93.6 cm³/mol. The fourth-order valence-electron chi connectivity index (χ4n) is 2.40. The Morgan fingerprint density at radius 3 is 2.50 bits per heavy atom. The third kappa shape index (κ3) is 4.56. The summed E-state index contributed by atoms with van der Waals surface area (Å²) in [4.78, 5) is 0.124. The van der Waals surface area contributed by atoms with Crippen molar-refractivity contribution in [2.24, 2.45) is 0 Å². The van der Waals surface area contributed by atoms with Gasteiger partial charge in [0.25, 0.3) is 0 Å². The van der Waals surface area contributed by atoms with E-state index in [-0.39, 0.29) is 11.4 Å². The SMILES string of the molecule is CCc1ccc(OC)c(S(=O)(=O)NCCC(O)c2ccccc2)c1. The molecule has 5 nitrogen and oxygen atoms in total. The summed E-state index contributed by atoms with van der Waals surface area (Å²) in [7, 11) is -2.26. The first-order chi connectivity index (χ1) is 11.5. The molecule has 0 bridgehead atoms. The van der Waals surface area contributed by atoms with Gasteiger partial charge in [0, 0.05) is 6.54 Å². The molecule has 130 valence electrons. The quantitative estimate of drug-likeness (QED) is 0.768. The van der Waals surface area contributed by atoms with E-state index in [4.69, 9.17) is 4.74 Å². The van der Waals surface area contributed by atoms with Gasteiger partial charge in [-0.3, -0.25) is 0 Å². The Morgan fingerprint density at radius 1 is 1.17 bits per heavy atom. The van der Waals surface area contributed by atoms with Crippen molar-refractivity contribution in [1.82, 2.24) is 4.72 Å². The van der Waals surface area contributed by atoms with E-state index in [0.29, 0.717) is 12.2 Å². The van der Waals surface area contributed by atoms with Crippen LogP contribution in [0.5, 0.6) is 5.75 Å². The normalized spacial score (nSPS) is 12.8. The Labute approximate surface area is 143 Å².